The molecule has 1 aromatic rings. The van der Waals surface area contributed by atoms with E-state index in [1.807, 2.05) is 13.8 Å². The summed E-state index contributed by atoms with van der Waals surface area (Å²) in [6, 6.07) is -0.482. The number of halogens is 1. The molecule has 0 radical (unpaired) electrons. The van der Waals surface area contributed by atoms with E-state index in [-0.39, 0.29) is 24.9 Å². The van der Waals surface area contributed by atoms with Crippen LogP contribution >= 0.6 is 12.4 Å². The number of nitrogens with two attached hydrogens (primary N) is 1. The molecule has 0 fully saturated rings. The number of aryl methyl sites for hydroxylation is 1. The summed E-state index contributed by atoms with van der Waals surface area (Å²) < 4.78 is 4.86. The molecule has 1 aromatic heterocycles. The standard InChI is InChI=1S/C10H18N4O2.ClH/c1-6(2)4-8(11)10(15)12-5-9-13-7(3)14-16-9;/h6,8H,4-5,11H2,1-3H3,(H,12,15);1H/t8-;/m0./s1. The highest BCUT2D eigenvalue weighted by molar-refractivity contribution is 5.85. The van der Waals surface area contributed by atoms with Crippen LogP contribution < -0.4 is 11.1 Å². The molecular formula is C10H19ClN4O2. The van der Waals surface area contributed by atoms with Gasteiger partial charge in [-0.2, -0.15) is 4.98 Å². The molecule has 0 bridgehead atoms. The predicted molar refractivity (Wildman–Crippen MR) is 65.6 cm³/mol. The van der Waals surface area contributed by atoms with E-state index < -0.39 is 6.04 Å². The molecule has 0 unspecified atom stereocenters. The van der Waals surface area contributed by atoms with Gasteiger partial charge in [0, 0.05) is 0 Å². The predicted octanol–water partition coefficient (Wildman–Crippen LogP) is 0.789. The van der Waals surface area contributed by atoms with E-state index in [0.717, 1.165) is 0 Å². The Hall–Kier alpha value is -1.14. The Labute approximate surface area is 107 Å². The summed E-state index contributed by atoms with van der Waals surface area (Å²) >= 11 is 0. The molecule has 6 nitrogen and oxygen atoms in total. The van der Waals surface area contributed by atoms with Gasteiger partial charge in [0.1, 0.15) is 0 Å². The average Bonchev–Trinajstić information content (AvgIpc) is 2.59. The first-order chi connectivity index (χ1) is 7.49. The fourth-order valence-corrected chi connectivity index (χ4v) is 1.32. The molecular weight excluding hydrogens is 244 g/mol. The van der Waals surface area contributed by atoms with Crippen LogP contribution in [-0.4, -0.2) is 22.1 Å². The molecule has 0 aliphatic carbocycles. The second-order valence-electron chi connectivity index (χ2n) is 4.19. The van der Waals surface area contributed by atoms with Crippen LogP contribution in [0.3, 0.4) is 0 Å². The van der Waals surface area contributed by atoms with Crippen molar-refractivity contribution < 1.29 is 9.32 Å². The van der Waals surface area contributed by atoms with Crippen molar-refractivity contribution in [3.05, 3.63) is 11.7 Å². The van der Waals surface area contributed by atoms with Crippen molar-refractivity contribution in [2.24, 2.45) is 11.7 Å². The van der Waals surface area contributed by atoms with Crippen molar-refractivity contribution in [1.82, 2.24) is 15.5 Å². The molecule has 0 saturated carbocycles. The molecule has 3 N–H and O–H groups in total. The lowest BCUT2D eigenvalue weighted by atomic mass is 10.0. The Morgan fingerprint density at radius 3 is 2.65 bits per heavy atom. The number of nitrogens with one attached hydrogen (secondary N) is 1. The van der Waals surface area contributed by atoms with Gasteiger partial charge < -0.3 is 15.6 Å². The van der Waals surface area contributed by atoms with E-state index in [1.165, 1.54) is 0 Å². The summed E-state index contributed by atoms with van der Waals surface area (Å²) in [5.41, 5.74) is 5.71. The highest BCUT2D eigenvalue weighted by Crippen LogP contribution is 2.03. The van der Waals surface area contributed by atoms with Gasteiger partial charge in [-0.15, -0.1) is 12.4 Å². The van der Waals surface area contributed by atoms with Gasteiger partial charge in [0.15, 0.2) is 5.82 Å². The molecule has 0 aliphatic rings. The molecule has 98 valence electrons. The molecule has 1 amide bonds. The minimum Gasteiger partial charge on any atom is -0.346 e. The van der Waals surface area contributed by atoms with Crippen molar-refractivity contribution in [3.8, 4) is 0 Å². The van der Waals surface area contributed by atoms with Crippen molar-refractivity contribution in [2.45, 2.75) is 39.8 Å². The zero-order chi connectivity index (χ0) is 12.1. The van der Waals surface area contributed by atoms with Gasteiger partial charge in [0.2, 0.25) is 11.8 Å². The van der Waals surface area contributed by atoms with Crippen molar-refractivity contribution >= 4 is 18.3 Å². The van der Waals surface area contributed by atoms with Crippen molar-refractivity contribution in [1.29, 1.82) is 0 Å². The maximum absolute atomic E-state index is 11.5. The molecule has 0 spiro atoms. The minimum absolute atomic E-state index is 0. The van der Waals surface area contributed by atoms with Gasteiger partial charge in [-0.25, -0.2) is 0 Å². The summed E-state index contributed by atoms with van der Waals surface area (Å²) in [5.74, 6) is 1.15. The van der Waals surface area contributed by atoms with Gasteiger partial charge in [0.25, 0.3) is 0 Å². The fraction of sp³-hybridized carbons (Fsp3) is 0.700. The van der Waals surface area contributed by atoms with E-state index in [9.17, 15) is 4.79 Å². The number of rotatable bonds is 5. The fourth-order valence-electron chi connectivity index (χ4n) is 1.32. The molecule has 17 heavy (non-hydrogen) atoms. The lowest BCUT2D eigenvalue weighted by molar-refractivity contribution is -0.123. The van der Waals surface area contributed by atoms with Crippen LogP contribution in [0.2, 0.25) is 0 Å². The number of hydrogen-bond donors (Lipinski definition) is 2. The average molecular weight is 263 g/mol. The molecule has 1 rings (SSSR count). The smallest absolute Gasteiger partial charge is 0.246 e. The second kappa shape index (κ2) is 7.24. The number of carbonyl (C=O) groups excluding carboxylic acids is 1. The van der Waals surface area contributed by atoms with Crippen molar-refractivity contribution in [3.63, 3.8) is 0 Å². The molecule has 1 atom stereocenters. The quantitative estimate of drug-likeness (QED) is 0.818. The summed E-state index contributed by atoms with van der Waals surface area (Å²) in [6.45, 7) is 5.99. The number of amides is 1. The third kappa shape index (κ3) is 5.65. The summed E-state index contributed by atoms with van der Waals surface area (Å²) in [4.78, 5) is 15.5. The third-order valence-electron chi connectivity index (χ3n) is 2.05. The first kappa shape index (κ1) is 15.9. The van der Waals surface area contributed by atoms with Crippen molar-refractivity contribution in [2.75, 3.05) is 0 Å². The van der Waals surface area contributed by atoms with E-state index in [1.54, 1.807) is 6.92 Å². The SMILES string of the molecule is Cc1noc(CNC(=O)[C@@H](N)CC(C)C)n1.Cl. The molecule has 0 aromatic carbocycles. The zero-order valence-electron chi connectivity index (χ0n) is 10.3. The van der Waals surface area contributed by atoms with Crippen LogP contribution in [0.4, 0.5) is 0 Å². The van der Waals surface area contributed by atoms with Crippen LogP contribution in [0.25, 0.3) is 0 Å². The lowest BCUT2D eigenvalue weighted by Crippen LogP contribution is -2.41. The number of hydrogen-bond acceptors (Lipinski definition) is 5. The topological polar surface area (TPSA) is 94.0 Å². The number of carbonyl (C=O) groups is 1. The van der Waals surface area contributed by atoms with Crippen LogP contribution in [0.5, 0.6) is 0 Å². The minimum atomic E-state index is -0.482. The third-order valence-corrected chi connectivity index (χ3v) is 2.05. The zero-order valence-corrected chi connectivity index (χ0v) is 11.1. The largest absolute Gasteiger partial charge is 0.346 e. The molecule has 1 heterocycles. The summed E-state index contributed by atoms with van der Waals surface area (Å²) in [6.07, 6.45) is 0.661. The second-order valence-corrected chi connectivity index (χ2v) is 4.19. The first-order valence-electron chi connectivity index (χ1n) is 5.31. The van der Waals surface area contributed by atoms with Crippen LogP contribution in [-0.2, 0) is 11.3 Å². The van der Waals surface area contributed by atoms with E-state index in [0.29, 0.717) is 24.1 Å². The van der Waals surface area contributed by atoms with Gasteiger partial charge in [0.05, 0.1) is 12.6 Å². The molecule has 0 saturated heterocycles. The summed E-state index contributed by atoms with van der Waals surface area (Å²) in [5, 5.41) is 6.28. The molecule has 7 heteroatoms. The van der Waals surface area contributed by atoms with Gasteiger partial charge >= 0.3 is 0 Å². The Bertz CT molecular complexity index is 354. The molecule has 0 aliphatic heterocycles. The number of nitrogens with zero attached hydrogens (tertiary/aromatic N) is 2. The van der Waals surface area contributed by atoms with E-state index >= 15 is 0 Å². The Kier molecular flexibility index (Phi) is 6.75. The Morgan fingerprint density at radius 1 is 1.53 bits per heavy atom. The van der Waals surface area contributed by atoms with Crippen LogP contribution in [0, 0.1) is 12.8 Å². The maximum Gasteiger partial charge on any atom is 0.246 e. The normalized spacial score (nSPS) is 12.1. The highest BCUT2D eigenvalue weighted by atomic mass is 35.5. The van der Waals surface area contributed by atoms with Gasteiger partial charge in [-0.3, -0.25) is 4.79 Å². The van der Waals surface area contributed by atoms with Crippen LogP contribution in [0.1, 0.15) is 32.0 Å². The van der Waals surface area contributed by atoms with E-state index in [4.69, 9.17) is 10.3 Å². The highest BCUT2D eigenvalue weighted by Gasteiger charge is 2.15. The lowest BCUT2D eigenvalue weighted by Gasteiger charge is -2.12. The Balaban J connectivity index is 0.00000256. The Morgan fingerprint density at radius 2 is 2.18 bits per heavy atom. The maximum atomic E-state index is 11.5. The van der Waals surface area contributed by atoms with Gasteiger partial charge in [-0.05, 0) is 19.3 Å². The van der Waals surface area contributed by atoms with Crippen LogP contribution in [0.15, 0.2) is 4.52 Å². The van der Waals surface area contributed by atoms with Gasteiger partial charge in [-0.1, -0.05) is 19.0 Å². The van der Waals surface area contributed by atoms with E-state index in [2.05, 4.69) is 15.5 Å². The first-order valence-corrected chi connectivity index (χ1v) is 5.31. The number of aromatic nitrogens is 2. The monoisotopic (exact) mass is 262 g/mol. The summed E-state index contributed by atoms with van der Waals surface area (Å²) in [7, 11) is 0.